The third-order valence-corrected chi connectivity index (χ3v) is 4.52. The first-order valence-electron chi connectivity index (χ1n) is 7.87. The molecule has 1 aromatic heterocycles. The van der Waals surface area contributed by atoms with Crippen molar-refractivity contribution < 1.29 is 9.53 Å². The first kappa shape index (κ1) is 19.0. The zero-order valence-corrected chi connectivity index (χ0v) is 15.6. The van der Waals surface area contributed by atoms with Crippen LogP contribution in [0.4, 0.5) is 4.79 Å². The van der Waals surface area contributed by atoms with E-state index < -0.39 is 5.60 Å². The van der Waals surface area contributed by atoms with Crippen LogP contribution in [-0.4, -0.2) is 24.3 Å². The third kappa shape index (κ3) is 6.79. The summed E-state index contributed by atoms with van der Waals surface area (Å²) in [6, 6.07) is 4.61. The van der Waals surface area contributed by atoms with Gasteiger partial charge in [-0.05, 0) is 52.7 Å². The number of hydrogen-bond donors (Lipinski definition) is 2. The molecule has 0 bridgehead atoms. The first-order chi connectivity index (χ1) is 10.1. The van der Waals surface area contributed by atoms with Crippen molar-refractivity contribution in [1.82, 2.24) is 10.6 Å². The highest BCUT2D eigenvalue weighted by molar-refractivity contribution is 7.12. The highest BCUT2D eigenvalue weighted by atomic mass is 32.1. The number of nitrogens with one attached hydrogen (secondary N) is 2. The molecule has 2 N–H and O–H groups in total. The number of rotatable bonds is 6. The molecule has 1 aromatic rings. The summed E-state index contributed by atoms with van der Waals surface area (Å²) in [5.74, 6) is 0.331. The van der Waals surface area contributed by atoms with Crippen molar-refractivity contribution >= 4 is 17.4 Å². The van der Waals surface area contributed by atoms with E-state index in [-0.39, 0.29) is 18.2 Å². The third-order valence-electron chi connectivity index (χ3n) is 3.34. The summed E-state index contributed by atoms with van der Waals surface area (Å²) >= 11 is 1.80. The molecular formula is C17H30N2O2S. The van der Waals surface area contributed by atoms with Gasteiger partial charge in [0, 0.05) is 28.4 Å². The zero-order valence-electron chi connectivity index (χ0n) is 14.8. The Morgan fingerprint density at radius 3 is 2.36 bits per heavy atom. The van der Waals surface area contributed by atoms with Gasteiger partial charge in [0.2, 0.25) is 0 Å². The highest BCUT2D eigenvalue weighted by Crippen LogP contribution is 2.22. The smallest absolute Gasteiger partial charge is 0.407 e. The summed E-state index contributed by atoms with van der Waals surface area (Å²) in [4.78, 5) is 14.6. The average molecular weight is 327 g/mol. The molecular weight excluding hydrogens is 296 g/mol. The standard InChI is InChI=1S/C17H30N2O2S/c1-11(2)14(19-16(20)21-17(5,6)7)10-18-13(4)15-9-8-12(3)22-15/h8-9,11,13-14,18H,10H2,1-7H3,(H,19,20). The van der Waals surface area contributed by atoms with E-state index in [4.69, 9.17) is 4.74 Å². The van der Waals surface area contributed by atoms with Crippen LogP contribution in [0.2, 0.25) is 0 Å². The largest absolute Gasteiger partial charge is 0.444 e. The van der Waals surface area contributed by atoms with Gasteiger partial charge >= 0.3 is 6.09 Å². The molecule has 0 fully saturated rings. The minimum absolute atomic E-state index is 0.0401. The Hall–Kier alpha value is -1.07. The lowest BCUT2D eigenvalue weighted by atomic mass is 10.0. The minimum atomic E-state index is -0.471. The van der Waals surface area contributed by atoms with E-state index in [0.717, 1.165) is 6.54 Å². The predicted octanol–water partition coefficient (Wildman–Crippen LogP) is 4.26. The van der Waals surface area contributed by atoms with E-state index in [0.29, 0.717) is 5.92 Å². The molecule has 2 unspecified atom stereocenters. The number of ether oxygens (including phenoxy) is 1. The second kappa shape index (κ2) is 7.97. The second-order valence-corrected chi connectivity index (χ2v) is 8.39. The number of aryl methyl sites for hydroxylation is 1. The molecule has 0 aliphatic heterocycles. The van der Waals surface area contributed by atoms with Crippen LogP contribution in [0.15, 0.2) is 12.1 Å². The maximum absolute atomic E-state index is 11.9. The Kier molecular flexibility index (Phi) is 6.88. The lowest BCUT2D eigenvalue weighted by Crippen LogP contribution is -2.47. The Morgan fingerprint density at radius 2 is 1.91 bits per heavy atom. The van der Waals surface area contributed by atoms with Gasteiger partial charge in [0.1, 0.15) is 5.60 Å². The minimum Gasteiger partial charge on any atom is -0.444 e. The van der Waals surface area contributed by atoms with E-state index in [1.807, 2.05) is 20.8 Å². The lowest BCUT2D eigenvalue weighted by molar-refractivity contribution is 0.0489. The molecule has 1 rings (SSSR count). The summed E-state index contributed by atoms with van der Waals surface area (Å²) in [5, 5.41) is 6.47. The van der Waals surface area contributed by atoms with Crippen LogP contribution in [0.3, 0.4) is 0 Å². The highest BCUT2D eigenvalue weighted by Gasteiger charge is 2.22. The van der Waals surface area contributed by atoms with Crippen LogP contribution in [0, 0.1) is 12.8 Å². The Bertz CT molecular complexity index is 477. The number of carbonyl (C=O) groups excluding carboxylic acids is 1. The molecule has 0 saturated heterocycles. The number of alkyl carbamates (subject to hydrolysis) is 1. The van der Waals surface area contributed by atoms with Gasteiger partial charge < -0.3 is 15.4 Å². The van der Waals surface area contributed by atoms with Gasteiger partial charge in [0.05, 0.1) is 0 Å². The van der Waals surface area contributed by atoms with Gasteiger partial charge in [-0.3, -0.25) is 0 Å². The molecule has 0 spiro atoms. The van der Waals surface area contributed by atoms with Crippen molar-refractivity contribution in [2.45, 2.75) is 66.2 Å². The molecule has 0 aromatic carbocycles. The SMILES string of the molecule is Cc1ccc(C(C)NCC(NC(=O)OC(C)(C)C)C(C)C)s1. The predicted molar refractivity (Wildman–Crippen MR) is 93.5 cm³/mol. The topological polar surface area (TPSA) is 50.4 Å². The van der Waals surface area contributed by atoms with Gasteiger partial charge in [0.25, 0.3) is 0 Å². The van der Waals surface area contributed by atoms with Crippen molar-refractivity contribution in [3.63, 3.8) is 0 Å². The van der Waals surface area contributed by atoms with Crippen molar-refractivity contribution in [3.8, 4) is 0 Å². The fourth-order valence-corrected chi connectivity index (χ4v) is 2.91. The molecule has 22 heavy (non-hydrogen) atoms. The first-order valence-corrected chi connectivity index (χ1v) is 8.69. The Labute approximate surface area is 138 Å². The van der Waals surface area contributed by atoms with Crippen LogP contribution in [0.5, 0.6) is 0 Å². The Balaban J connectivity index is 2.52. The Morgan fingerprint density at radius 1 is 1.27 bits per heavy atom. The normalized spacial score (nSPS) is 14.7. The molecule has 126 valence electrons. The van der Waals surface area contributed by atoms with Gasteiger partial charge in [-0.1, -0.05) is 13.8 Å². The van der Waals surface area contributed by atoms with E-state index in [9.17, 15) is 4.79 Å². The van der Waals surface area contributed by atoms with E-state index in [1.165, 1.54) is 9.75 Å². The molecule has 0 radical (unpaired) electrons. The van der Waals surface area contributed by atoms with Gasteiger partial charge in [-0.25, -0.2) is 4.79 Å². The van der Waals surface area contributed by atoms with Crippen LogP contribution in [-0.2, 0) is 4.74 Å². The average Bonchev–Trinajstić information content (AvgIpc) is 2.78. The number of hydrogen-bond acceptors (Lipinski definition) is 4. The summed E-state index contributed by atoms with van der Waals surface area (Å²) in [5.41, 5.74) is -0.471. The van der Waals surface area contributed by atoms with Crippen molar-refractivity contribution in [2.75, 3.05) is 6.54 Å². The number of carbonyl (C=O) groups is 1. The van der Waals surface area contributed by atoms with Crippen LogP contribution < -0.4 is 10.6 Å². The lowest BCUT2D eigenvalue weighted by Gasteiger charge is -2.27. The van der Waals surface area contributed by atoms with Crippen molar-refractivity contribution in [1.29, 1.82) is 0 Å². The fraction of sp³-hybridized carbons (Fsp3) is 0.706. The van der Waals surface area contributed by atoms with Gasteiger partial charge in [-0.2, -0.15) is 0 Å². The summed E-state index contributed by atoms with van der Waals surface area (Å²) in [6.45, 7) is 14.8. The maximum Gasteiger partial charge on any atom is 0.407 e. The second-order valence-electron chi connectivity index (χ2n) is 7.08. The number of thiophene rings is 1. The van der Waals surface area contributed by atoms with Crippen molar-refractivity contribution in [3.05, 3.63) is 21.9 Å². The molecule has 0 saturated carbocycles. The molecule has 0 aliphatic rings. The monoisotopic (exact) mass is 326 g/mol. The molecule has 0 aliphatic carbocycles. The molecule has 5 heteroatoms. The zero-order chi connectivity index (χ0) is 16.9. The van der Waals surface area contributed by atoms with E-state index in [2.05, 4.69) is 50.5 Å². The van der Waals surface area contributed by atoms with Crippen LogP contribution >= 0.6 is 11.3 Å². The fourth-order valence-electron chi connectivity index (χ4n) is 2.00. The van der Waals surface area contributed by atoms with Crippen LogP contribution in [0.25, 0.3) is 0 Å². The quantitative estimate of drug-likeness (QED) is 0.821. The molecule has 2 atom stereocenters. The van der Waals surface area contributed by atoms with Gasteiger partial charge in [-0.15, -0.1) is 11.3 Å². The summed E-state index contributed by atoms with van der Waals surface area (Å²) in [6.07, 6.45) is -0.354. The molecule has 4 nitrogen and oxygen atoms in total. The molecule has 1 heterocycles. The van der Waals surface area contributed by atoms with Crippen LogP contribution in [0.1, 0.15) is 57.3 Å². The van der Waals surface area contributed by atoms with Gasteiger partial charge in [0.15, 0.2) is 0 Å². The summed E-state index contributed by atoms with van der Waals surface area (Å²) < 4.78 is 5.34. The number of amides is 1. The molecule has 1 amide bonds. The maximum atomic E-state index is 11.9. The summed E-state index contributed by atoms with van der Waals surface area (Å²) in [7, 11) is 0. The van der Waals surface area contributed by atoms with E-state index in [1.54, 1.807) is 11.3 Å². The van der Waals surface area contributed by atoms with Crippen molar-refractivity contribution in [2.24, 2.45) is 5.92 Å². The van der Waals surface area contributed by atoms with E-state index >= 15 is 0 Å².